The second kappa shape index (κ2) is 9.86. The summed E-state index contributed by atoms with van der Waals surface area (Å²) in [4.78, 5) is 15.2. The van der Waals surface area contributed by atoms with Crippen molar-refractivity contribution in [3.05, 3.63) is 30.3 Å². The van der Waals surface area contributed by atoms with Crippen LogP contribution in [0, 0.1) is 5.92 Å². The van der Waals surface area contributed by atoms with E-state index in [9.17, 15) is 4.79 Å². The minimum Gasteiger partial charge on any atom is -0.352 e. The Balaban J connectivity index is 1.53. The maximum atomic E-state index is 12.9. The molecule has 4 rings (SSSR count). The molecule has 3 atom stereocenters. The number of carbonyl (C=O) groups excluding carboxylic acids is 1. The summed E-state index contributed by atoms with van der Waals surface area (Å²) in [5.74, 6) is 1.54. The van der Waals surface area contributed by atoms with Gasteiger partial charge in [-0.1, -0.05) is 49.7 Å². The van der Waals surface area contributed by atoms with E-state index in [2.05, 4.69) is 44.0 Å². The molecule has 30 heavy (non-hydrogen) atoms. The van der Waals surface area contributed by atoms with Gasteiger partial charge in [0, 0.05) is 19.1 Å². The molecule has 0 radical (unpaired) electrons. The first kappa shape index (κ1) is 21.2. The third-order valence-corrected chi connectivity index (χ3v) is 7.40. The van der Waals surface area contributed by atoms with Gasteiger partial charge in [-0.2, -0.15) is 0 Å². The summed E-state index contributed by atoms with van der Waals surface area (Å²) in [7, 11) is 0. The molecule has 1 saturated carbocycles. The maximum Gasteiger partial charge on any atom is 0.233 e. The number of piperidine rings is 1. The molecule has 2 aromatic rings. The first-order valence-corrected chi connectivity index (χ1v) is 12.2. The normalized spacial score (nSPS) is 23.2. The quantitative estimate of drug-likeness (QED) is 0.691. The van der Waals surface area contributed by atoms with Crippen molar-refractivity contribution in [1.82, 2.24) is 20.1 Å². The minimum absolute atomic E-state index is 0.0980. The molecule has 2 aliphatic rings. The lowest BCUT2D eigenvalue weighted by Gasteiger charge is -2.30. The molecule has 1 saturated heterocycles. The van der Waals surface area contributed by atoms with Gasteiger partial charge in [-0.15, -0.1) is 10.2 Å². The molecule has 1 aliphatic carbocycles. The number of amides is 1. The number of hydrogen-bond acceptors (Lipinski definition) is 5. The average Bonchev–Trinajstić information content (AvgIpc) is 3.20. The predicted octanol–water partition coefficient (Wildman–Crippen LogP) is 4.43. The Morgan fingerprint density at radius 1 is 1.07 bits per heavy atom. The number of carbonyl (C=O) groups is 1. The molecule has 0 unspecified atom stereocenters. The molecular weight excluding hydrogens is 394 g/mol. The SMILES string of the molecule is C[C@@H]1CCCC[C@@H]1NC(=O)[C@@H](C)Sc1nnc(N2CCCCC2)n1-c1ccccc1. The number of rotatable bonds is 6. The van der Waals surface area contributed by atoms with Gasteiger partial charge in [-0.05, 0) is 57.1 Å². The van der Waals surface area contributed by atoms with E-state index in [0.29, 0.717) is 12.0 Å². The number of hydrogen-bond donors (Lipinski definition) is 1. The number of nitrogens with zero attached hydrogens (tertiary/aromatic N) is 4. The van der Waals surface area contributed by atoms with Crippen LogP contribution in [0.25, 0.3) is 5.69 Å². The Labute approximate surface area is 183 Å². The second-order valence-electron chi connectivity index (χ2n) is 8.64. The standard InChI is InChI=1S/C23H33N5OS/c1-17-11-7-8-14-20(17)24-21(29)18(2)30-23-26-25-22(27-15-9-4-10-16-27)28(23)19-12-5-3-6-13-19/h3,5-6,12-13,17-18,20H,4,7-11,14-16H2,1-2H3,(H,24,29)/t17-,18-,20+/m1/s1. The molecule has 0 bridgehead atoms. The van der Waals surface area contributed by atoms with Gasteiger partial charge in [0.25, 0.3) is 0 Å². The molecule has 1 N–H and O–H groups in total. The zero-order chi connectivity index (χ0) is 20.9. The number of para-hydroxylation sites is 1. The summed E-state index contributed by atoms with van der Waals surface area (Å²) in [6.45, 7) is 6.23. The fraction of sp³-hybridized carbons (Fsp3) is 0.609. The van der Waals surface area contributed by atoms with Crippen LogP contribution in [0.2, 0.25) is 0 Å². The Morgan fingerprint density at radius 2 is 1.80 bits per heavy atom. The van der Waals surface area contributed by atoms with Gasteiger partial charge >= 0.3 is 0 Å². The lowest BCUT2D eigenvalue weighted by Crippen LogP contribution is -2.44. The topological polar surface area (TPSA) is 63.1 Å². The summed E-state index contributed by atoms with van der Waals surface area (Å²) in [5, 5.41) is 12.9. The number of nitrogens with one attached hydrogen (secondary N) is 1. The zero-order valence-corrected chi connectivity index (χ0v) is 18.9. The molecule has 2 heterocycles. The minimum atomic E-state index is -0.222. The van der Waals surface area contributed by atoms with Crippen LogP contribution in [-0.4, -0.2) is 45.1 Å². The lowest BCUT2D eigenvalue weighted by atomic mass is 9.86. The van der Waals surface area contributed by atoms with Crippen LogP contribution in [0.1, 0.15) is 58.8 Å². The highest BCUT2D eigenvalue weighted by atomic mass is 32.2. The molecule has 1 aromatic carbocycles. The van der Waals surface area contributed by atoms with Gasteiger partial charge < -0.3 is 10.2 Å². The lowest BCUT2D eigenvalue weighted by molar-refractivity contribution is -0.121. The summed E-state index contributed by atoms with van der Waals surface area (Å²) >= 11 is 1.50. The van der Waals surface area contributed by atoms with E-state index < -0.39 is 0 Å². The fourth-order valence-electron chi connectivity index (χ4n) is 4.48. The van der Waals surface area contributed by atoms with Crippen LogP contribution < -0.4 is 10.2 Å². The van der Waals surface area contributed by atoms with E-state index in [-0.39, 0.29) is 11.2 Å². The maximum absolute atomic E-state index is 12.9. The van der Waals surface area contributed by atoms with Crippen LogP contribution in [0.4, 0.5) is 5.95 Å². The van der Waals surface area contributed by atoms with Crippen molar-refractivity contribution in [3.63, 3.8) is 0 Å². The van der Waals surface area contributed by atoms with Crippen molar-refractivity contribution >= 4 is 23.6 Å². The highest BCUT2D eigenvalue weighted by Crippen LogP contribution is 2.31. The molecule has 6 nitrogen and oxygen atoms in total. The van der Waals surface area contributed by atoms with E-state index in [0.717, 1.165) is 36.3 Å². The van der Waals surface area contributed by atoms with Gasteiger partial charge in [0.2, 0.25) is 11.9 Å². The van der Waals surface area contributed by atoms with Gasteiger partial charge in [-0.25, -0.2) is 0 Å². The molecule has 1 aromatic heterocycles. The van der Waals surface area contributed by atoms with Crippen molar-refractivity contribution in [1.29, 1.82) is 0 Å². The Kier molecular flexibility index (Phi) is 6.97. The highest BCUT2D eigenvalue weighted by molar-refractivity contribution is 8.00. The van der Waals surface area contributed by atoms with Gasteiger partial charge in [-0.3, -0.25) is 9.36 Å². The molecule has 1 aliphatic heterocycles. The predicted molar refractivity (Wildman–Crippen MR) is 122 cm³/mol. The average molecular weight is 428 g/mol. The summed E-state index contributed by atoms with van der Waals surface area (Å²) in [6, 6.07) is 10.5. The molecule has 1 amide bonds. The second-order valence-corrected chi connectivity index (χ2v) is 9.95. The fourth-order valence-corrected chi connectivity index (χ4v) is 5.35. The number of aromatic nitrogens is 3. The van der Waals surface area contributed by atoms with Crippen LogP contribution in [0.3, 0.4) is 0 Å². The number of benzene rings is 1. The van der Waals surface area contributed by atoms with E-state index >= 15 is 0 Å². The van der Waals surface area contributed by atoms with E-state index in [1.165, 1.54) is 50.3 Å². The van der Waals surface area contributed by atoms with Gasteiger partial charge in [0.1, 0.15) is 0 Å². The number of thioether (sulfide) groups is 1. The molecular formula is C23H33N5OS. The van der Waals surface area contributed by atoms with Crippen molar-refractivity contribution in [2.45, 2.75) is 75.2 Å². The Bertz CT molecular complexity index is 833. The van der Waals surface area contributed by atoms with Crippen molar-refractivity contribution in [2.75, 3.05) is 18.0 Å². The first-order valence-electron chi connectivity index (χ1n) is 11.4. The Hall–Kier alpha value is -2.02. The monoisotopic (exact) mass is 427 g/mol. The summed E-state index contributed by atoms with van der Waals surface area (Å²) in [5.41, 5.74) is 1.04. The van der Waals surface area contributed by atoms with Crippen molar-refractivity contribution in [3.8, 4) is 5.69 Å². The third-order valence-electron chi connectivity index (χ3n) is 6.36. The number of anilines is 1. The van der Waals surface area contributed by atoms with E-state index in [4.69, 9.17) is 0 Å². The van der Waals surface area contributed by atoms with Crippen molar-refractivity contribution < 1.29 is 4.79 Å². The van der Waals surface area contributed by atoms with Gasteiger partial charge in [0.05, 0.1) is 10.9 Å². The molecule has 0 spiro atoms. The van der Waals surface area contributed by atoms with Crippen LogP contribution >= 0.6 is 11.8 Å². The smallest absolute Gasteiger partial charge is 0.233 e. The zero-order valence-electron chi connectivity index (χ0n) is 18.1. The van der Waals surface area contributed by atoms with Crippen molar-refractivity contribution in [2.24, 2.45) is 5.92 Å². The van der Waals surface area contributed by atoms with Crippen LogP contribution in [-0.2, 0) is 4.79 Å². The van der Waals surface area contributed by atoms with Crippen LogP contribution in [0.5, 0.6) is 0 Å². The van der Waals surface area contributed by atoms with E-state index in [1.54, 1.807) is 0 Å². The summed E-state index contributed by atoms with van der Waals surface area (Å²) in [6.07, 6.45) is 8.41. The highest BCUT2D eigenvalue weighted by Gasteiger charge is 2.28. The summed E-state index contributed by atoms with van der Waals surface area (Å²) < 4.78 is 2.11. The molecule has 162 valence electrons. The largest absolute Gasteiger partial charge is 0.352 e. The van der Waals surface area contributed by atoms with Gasteiger partial charge in [0.15, 0.2) is 5.16 Å². The van der Waals surface area contributed by atoms with E-state index in [1.807, 2.05) is 25.1 Å². The third kappa shape index (κ3) is 4.82. The molecule has 7 heteroatoms. The molecule has 2 fully saturated rings. The Morgan fingerprint density at radius 3 is 2.53 bits per heavy atom. The van der Waals surface area contributed by atoms with Crippen LogP contribution in [0.15, 0.2) is 35.5 Å². The first-order chi connectivity index (χ1) is 14.6.